The van der Waals surface area contributed by atoms with Gasteiger partial charge in [0, 0.05) is 6.54 Å². The maximum Gasteiger partial charge on any atom is 0.234 e. The molecule has 1 heterocycles. The number of halogens is 2. The zero-order valence-electron chi connectivity index (χ0n) is 11.5. The lowest BCUT2D eigenvalue weighted by atomic mass is 10.1. The summed E-state index contributed by atoms with van der Waals surface area (Å²) in [5, 5.41) is 3.00. The maximum atomic E-state index is 11.5. The third-order valence-electron chi connectivity index (χ3n) is 3.36. The molecule has 1 aliphatic heterocycles. The summed E-state index contributed by atoms with van der Waals surface area (Å²) in [6.07, 6.45) is 2.51. The van der Waals surface area contributed by atoms with Gasteiger partial charge in [-0.1, -0.05) is 30.3 Å². The number of benzene rings is 1. The van der Waals surface area contributed by atoms with Gasteiger partial charge in [-0.15, -0.1) is 24.8 Å². The number of likely N-dealkylation sites (tertiary alicyclic amines) is 1. The van der Waals surface area contributed by atoms with Gasteiger partial charge in [0.1, 0.15) is 0 Å². The summed E-state index contributed by atoms with van der Waals surface area (Å²) in [6.45, 7) is 3.17. The van der Waals surface area contributed by atoms with Crippen LogP contribution in [-0.2, 0) is 4.79 Å². The second-order valence-electron chi connectivity index (χ2n) is 4.74. The lowest BCUT2D eigenvalue weighted by molar-refractivity contribution is -0.120. The lowest BCUT2D eigenvalue weighted by Gasteiger charge is -2.24. The highest BCUT2D eigenvalue weighted by Crippen LogP contribution is 2.17. The van der Waals surface area contributed by atoms with Gasteiger partial charge in [-0.05, 0) is 31.5 Å². The Morgan fingerprint density at radius 2 is 1.80 bits per heavy atom. The summed E-state index contributed by atoms with van der Waals surface area (Å²) in [5.41, 5.74) is 6.53. The Labute approximate surface area is 132 Å². The molecule has 114 valence electrons. The fourth-order valence-corrected chi connectivity index (χ4v) is 2.40. The number of nitrogens with two attached hydrogens (primary N) is 1. The second-order valence-corrected chi connectivity index (χ2v) is 4.74. The molecule has 20 heavy (non-hydrogen) atoms. The monoisotopic (exact) mass is 319 g/mol. The Balaban J connectivity index is 0.00000180. The van der Waals surface area contributed by atoms with Crippen LogP contribution in [0.3, 0.4) is 0 Å². The molecule has 0 saturated carbocycles. The fourth-order valence-electron chi connectivity index (χ4n) is 2.40. The summed E-state index contributed by atoms with van der Waals surface area (Å²) < 4.78 is 0. The number of rotatable bonds is 5. The van der Waals surface area contributed by atoms with Crippen LogP contribution in [0.4, 0.5) is 0 Å². The molecule has 1 aromatic carbocycles. The molecule has 6 heteroatoms. The average molecular weight is 320 g/mol. The molecule has 2 rings (SSSR count). The van der Waals surface area contributed by atoms with Crippen LogP contribution in [0.25, 0.3) is 0 Å². The van der Waals surface area contributed by atoms with Gasteiger partial charge in [-0.3, -0.25) is 4.79 Å². The molecule has 1 aliphatic rings. The van der Waals surface area contributed by atoms with Crippen molar-refractivity contribution >= 4 is 30.7 Å². The first-order valence-electron chi connectivity index (χ1n) is 6.56. The van der Waals surface area contributed by atoms with E-state index in [-0.39, 0.29) is 43.3 Å². The van der Waals surface area contributed by atoms with Gasteiger partial charge in [0.2, 0.25) is 5.91 Å². The zero-order valence-corrected chi connectivity index (χ0v) is 13.1. The second kappa shape index (κ2) is 10.00. The van der Waals surface area contributed by atoms with E-state index < -0.39 is 0 Å². The fraction of sp³-hybridized carbons (Fsp3) is 0.500. The molecule has 1 saturated heterocycles. The normalized spacial score (nSPS) is 15.8. The van der Waals surface area contributed by atoms with E-state index >= 15 is 0 Å². The molecule has 0 aromatic heterocycles. The molecule has 0 aliphatic carbocycles. The number of amides is 1. The van der Waals surface area contributed by atoms with Crippen LogP contribution in [0.1, 0.15) is 24.4 Å². The van der Waals surface area contributed by atoms with Crippen molar-refractivity contribution in [1.82, 2.24) is 10.2 Å². The highest BCUT2D eigenvalue weighted by molar-refractivity contribution is 5.85. The van der Waals surface area contributed by atoms with Gasteiger partial charge in [-0.2, -0.15) is 0 Å². The Bertz CT molecular complexity index is 383. The smallest absolute Gasteiger partial charge is 0.234 e. The third-order valence-corrected chi connectivity index (χ3v) is 3.36. The van der Waals surface area contributed by atoms with Crippen molar-refractivity contribution in [3.05, 3.63) is 35.9 Å². The number of hydrogen-bond donors (Lipinski definition) is 2. The van der Waals surface area contributed by atoms with Crippen molar-refractivity contribution in [3.63, 3.8) is 0 Å². The lowest BCUT2D eigenvalue weighted by Crippen LogP contribution is -2.39. The van der Waals surface area contributed by atoms with Crippen molar-refractivity contribution in [1.29, 1.82) is 0 Å². The van der Waals surface area contributed by atoms with Gasteiger partial charge < -0.3 is 16.0 Å². The third kappa shape index (κ3) is 5.67. The summed E-state index contributed by atoms with van der Waals surface area (Å²) in [7, 11) is 0. The maximum absolute atomic E-state index is 11.5. The predicted octanol–water partition coefficient (Wildman–Crippen LogP) is 1.74. The van der Waals surface area contributed by atoms with E-state index in [1.165, 1.54) is 12.8 Å². The summed E-state index contributed by atoms with van der Waals surface area (Å²) >= 11 is 0. The Morgan fingerprint density at radius 1 is 1.20 bits per heavy atom. The average Bonchev–Trinajstić information content (AvgIpc) is 2.92. The van der Waals surface area contributed by atoms with E-state index in [1.54, 1.807) is 0 Å². The minimum absolute atomic E-state index is 0. The highest BCUT2D eigenvalue weighted by atomic mass is 35.5. The Hall–Kier alpha value is -0.810. The molecule has 3 N–H and O–H groups in total. The molecule has 1 atom stereocenters. The van der Waals surface area contributed by atoms with E-state index in [2.05, 4.69) is 22.3 Å². The van der Waals surface area contributed by atoms with Crippen molar-refractivity contribution in [2.45, 2.75) is 18.9 Å². The number of hydrogen-bond acceptors (Lipinski definition) is 3. The van der Waals surface area contributed by atoms with E-state index in [0.717, 1.165) is 25.2 Å². The molecule has 1 unspecified atom stereocenters. The van der Waals surface area contributed by atoms with Crippen LogP contribution in [0.5, 0.6) is 0 Å². The van der Waals surface area contributed by atoms with Gasteiger partial charge >= 0.3 is 0 Å². The number of nitrogens with zero attached hydrogens (tertiary/aromatic N) is 1. The number of nitrogens with one attached hydrogen (secondary N) is 1. The van der Waals surface area contributed by atoms with Crippen molar-refractivity contribution in [2.24, 2.45) is 5.73 Å². The molecule has 0 radical (unpaired) electrons. The number of carbonyl (C=O) groups is 1. The summed E-state index contributed by atoms with van der Waals surface area (Å²) in [4.78, 5) is 13.9. The molecule has 4 nitrogen and oxygen atoms in total. The zero-order chi connectivity index (χ0) is 12.8. The van der Waals surface area contributed by atoms with Gasteiger partial charge in [-0.25, -0.2) is 0 Å². The van der Waals surface area contributed by atoms with Crippen LogP contribution < -0.4 is 11.1 Å². The topological polar surface area (TPSA) is 58.4 Å². The van der Waals surface area contributed by atoms with Crippen LogP contribution in [0, 0.1) is 0 Å². The molecular weight excluding hydrogens is 297 g/mol. The molecule has 1 aromatic rings. The molecule has 0 bridgehead atoms. The minimum Gasteiger partial charge on any atom is -0.347 e. The van der Waals surface area contributed by atoms with Crippen molar-refractivity contribution in [3.8, 4) is 0 Å². The predicted molar refractivity (Wildman–Crippen MR) is 86.6 cm³/mol. The number of carbonyl (C=O) groups excluding carboxylic acids is 1. The van der Waals surface area contributed by atoms with Crippen LogP contribution in [0.15, 0.2) is 30.3 Å². The largest absolute Gasteiger partial charge is 0.347 e. The van der Waals surface area contributed by atoms with E-state index in [9.17, 15) is 4.79 Å². The first kappa shape index (κ1) is 19.2. The quantitative estimate of drug-likeness (QED) is 0.869. The Morgan fingerprint density at radius 3 is 2.35 bits per heavy atom. The van der Waals surface area contributed by atoms with Gasteiger partial charge in [0.25, 0.3) is 0 Å². The SMILES string of the molecule is Cl.Cl.NCC(=O)NC(CN1CCCC1)c1ccccc1. The first-order valence-corrected chi connectivity index (χ1v) is 6.56. The minimum atomic E-state index is -0.0944. The summed E-state index contributed by atoms with van der Waals surface area (Å²) in [5.74, 6) is -0.0944. The molecule has 1 amide bonds. The van der Waals surface area contributed by atoms with Crippen LogP contribution in [-0.4, -0.2) is 37.0 Å². The van der Waals surface area contributed by atoms with E-state index in [4.69, 9.17) is 5.73 Å². The first-order chi connectivity index (χ1) is 8.79. The van der Waals surface area contributed by atoms with Gasteiger partial charge in [0.15, 0.2) is 0 Å². The summed E-state index contributed by atoms with van der Waals surface area (Å²) in [6, 6.07) is 10.1. The molecule has 0 spiro atoms. The van der Waals surface area contributed by atoms with Crippen LogP contribution in [0.2, 0.25) is 0 Å². The molecule has 1 fully saturated rings. The van der Waals surface area contributed by atoms with Gasteiger partial charge in [0.05, 0.1) is 12.6 Å². The van der Waals surface area contributed by atoms with E-state index in [1.807, 2.05) is 18.2 Å². The molecular formula is C14H23Cl2N3O. The van der Waals surface area contributed by atoms with E-state index in [0.29, 0.717) is 0 Å². The van der Waals surface area contributed by atoms with Crippen molar-refractivity contribution in [2.75, 3.05) is 26.2 Å². The van der Waals surface area contributed by atoms with Crippen LogP contribution >= 0.6 is 24.8 Å². The Kier molecular flexibility index (Phi) is 9.59. The van der Waals surface area contributed by atoms with Crippen molar-refractivity contribution < 1.29 is 4.79 Å². The highest BCUT2D eigenvalue weighted by Gasteiger charge is 2.19. The standard InChI is InChI=1S/C14H21N3O.2ClH/c15-10-14(18)16-13(11-17-8-4-5-9-17)12-6-2-1-3-7-12;;/h1-3,6-7,13H,4-5,8-11,15H2,(H,16,18);2*1H.